The Morgan fingerprint density at radius 1 is 1.24 bits per heavy atom. The van der Waals surface area contributed by atoms with Crippen molar-refractivity contribution in [2.24, 2.45) is 0 Å². The monoisotopic (exact) mass is 254 g/mol. The molecule has 0 aromatic carbocycles. The number of aromatic nitrogens is 4. The summed E-state index contributed by atoms with van der Waals surface area (Å²) < 4.78 is 16.4. The molecule has 17 heavy (non-hydrogen) atoms. The van der Waals surface area contributed by atoms with Gasteiger partial charge in [-0.15, -0.1) is 10.2 Å². The Kier molecular flexibility index (Phi) is 2.50. The van der Waals surface area contributed by atoms with Gasteiger partial charge in [0.15, 0.2) is 22.3 Å². The van der Waals surface area contributed by atoms with E-state index in [1.165, 1.54) is 6.20 Å². The molecule has 90 valence electrons. The standard InChI is InChI=1S/C11H12ClFN4/c12-8-9-15-16-10(17(9)7-6-14-8)11(13)4-2-1-3-5-11/h6-7H,1-5H2. The molecule has 0 spiro atoms. The molecule has 0 N–H and O–H groups in total. The topological polar surface area (TPSA) is 43.1 Å². The van der Waals surface area contributed by atoms with Crippen LogP contribution in [0.2, 0.25) is 5.15 Å². The highest BCUT2D eigenvalue weighted by Gasteiger charge is 2.38. The van der Waals surface area contributed by atoms with Crippen molar-refractivity contribution in [2.45, 2.75) is 37.8 Å². The molecule has 2 heterocycles. The minimum absolute atomic E-state index is 0.255. The molecule has 6 heteroatoms. The second kappa shape index (κ2) is 3.91. The first-order chi connectivity index (χ1) is 8.21. The lowest BCUT2D eigenvalue weighted by Gasteiger charge is -2.27. The number of alkyl halides is 1. The average Bonchev–Trinajstić information content (AvgIpc) is 2.76. The molecule has 0 radical (unpaired) electrons. The highest BCUT2D eigenvalue weighted by molar-refractivity contribution is 6.32. The lowest BCUT2D eigenvalue weighted by atomic mass is 9.86. The van der Waals surface area contributed by atoms with Crippen LogP contribution < -0.4 is 0 Å². The van der Waals surface area contributed by atoms with Crippen molar-refractivity contribution in [3.63, 3.8) is 0 Å². The van der Waals surface area contributed by atoms with Crippen LogP contribution in [0.4, 0.5) is 4.39 Å². The Labute approximate surface area is 103 Å². The number of hydrogen-bond acceptors (Lipinski definition) is 3. The van der Waals surface area contributed by atoms with Gasteiger partial charge >= 0.3 is 0 Å². The highest BCUT2D eigenvalue weighted by atomic mass is 35.5. The van der Waals surface area contributed by atoms with Gasteiger partial charge in [-0.3, -0.25) is 4.40 Å². The Morgan fingerprint density at radius 3 is 2.76 bits per heavy atom. The minimum Gasteiger partial charge on any atom is -0.280 e. The molecule has 1 saturated carbocycles. The van der Waals surface area contributed by atoms with Crippen molar-refractivity contribution in [1.29, 1.82) is 0 Å². The van der Waals surface area contributed by atoms with Gasteiger partial charge in [0.1, 0.15) is 0 Å². The summed E-state index contributed by atoms with van der Waals surface area (Å²) >= 11 is 5.90. The molecule has 2 aromatic rings. The molecule has 2 aromatic heterocycles. The first-order valence-electron chi connectivity index (χ1n) is 5.75. The summed E-state index contributed by atoms with van der Waals surface area (Å²) in [5.74, 6) is 0.358. The molecule has 0 saturated heterocycles. The second-order valence-corrected chi connectivity index (χ2v) is 4.82. The molecule has 1 aliphatic carbocycles. The van der Waals surface area contributed by atoms with Crippen LogP contribution in [0.5, 0.6) is 0 Å². The first-order valence-corrected chi connectivity index (χ1v) is 6.13. The predicted octanol–water partition coefficient (Wildman–Crippen LogP) is 2.91. The fraction of sp³-hybridized carbons (Fsp3) is 0.545. The molecular formula is C11H12ClFN4. The smallest absolute Gasteiger partial charge is 0.198 e. The maximum Gasteiger partial charge on any atom is 0.198 e. The molecule has 0 atom stereocenters. The third-order valence-electron chi connectivity index (χ3n) is 3.33. The van der Waals surface area contributed by atoms with E-state index < -0.39 is 5.67 Å². The molecule has 4 nitrogen and oxygen atoms in total. The zero-order chi connectivity index (χ0) is 11.9. The van der Waals surface area contributed by atoms with Crippen molar-refractivity contribution < 1.29 is 4.39 Å². The van der Waals surface area contributed by atoms with Crippen molar-refractivity contribution in [3.05, 3.63) is 23.4 Å². The minimum atomic E-state index is -1.37. The predicted molar refractivity (Wildman–Crippen MR) is 61.7 cm³/mol. The van der Waals surface area contributed by atoms with Gasteiger partial charge in [-0.2, -0.15) is 0 Å². The maximum atomic E-state index is 14.8. The summed E-state index contributed by atoms with van der Waals surface area (Å²) in [4.78, 5) is 3.91. The summed E-state index contributed by atoms with van der Waals surface area (Å²) in [5, 5.41) is 8.14. The van der Waals surface area contributed by atoms with Gasteiger partial charge < -0.3 is 0 Å². The highest BCUT2D eigenvalue weighted by Crippen LogP contribution is 2.39. The summed E-state index contributed by atoms with van der Waals surface area (Å²) in [7, 11) is 0. The maximum absolute atomic E-state index is 14.8. The average molecular weight is 255 g/mol. The van der Waals surface area contributed by atoms with Crippen LogP contribution in [-0.2, 0) is 5.67 Å². The summed E-state index contributed by atoms with van der Waals surface area (Å²) in [6.07, 6.45) is 7.08. The Hall–Kier alpha value is -1.23. The number of hydrogen-bond donors (Lipinski definition) is 0. The fourth-order valence-corrected chi connectivity index (χ4v) is 2.62. The number of halogens is 2. The van der Waals surface area contributed by atoms with E-state index in [1.807, 2.05) is 0 Å². The van der Waals surface area contributed by atoms with E-state index in [2.05, 4.69) is 15.2 Å². The molecule has 0 amide bonds. The molecule has 1 fully saturated rings. The summed E-state index contributed by atoms with van der Waals surface area (Å²) in [6.45, 7) is 0. The Balaban J connectivity index is 2.14. The van der Waals surface area contributed by atoms with E-state index >= 15 is 0 Å². The zero-order valence-corrected chi connectivity index (χ0v) is 9.99. The second-order valence-electron chi connectivity index (χ2n) is 4.46. The van der Waals surface area contributed by atoms with Crippen LogP contribution in [0.1, 0.15) is 37.9 Å². The number of nitrogens with zero attached hydrogens (tertiary/aromatic N) is 4. The van der Waals surface area contributed by atoms with Gasteiger partial charge in [0.25, 0.3) is 0 Å². The van der Waals surface area contributed by atoms with E-state index in [9.17, 15) is 4.39 Å². The van der Waals surface area contributed by atoms with Gasteiger partial charge in [-0.1, -0.05) is 18.0 Å². The lowest BCUT2D eigenvalue weighted by Crippen LogP contribution is -2.26. The normalized spacial score (nSPS) is 19.6. The third kappa shape index (κ3) is 1.69. The fourth-order valence-electron chi connectivity index (χ4n) is 2.44. The van der Waals surface area contributed by atoms with Gasteiger partial charge in [-0.25, -0.2) is 9.37 Å². The number of fused-ring (bicyclic) bond motifs is 1. The largest absolute Gasteiger partial charge is 0.280 e. The Morgan fingerprint density at radius 2 is 2.00 bits per heavy atom. The van der Waals surface area contributed by atoms with Crippen molar-refractivity contribution >= 4 is 17.2 Å². The lowest BCUT2D eigenvalue weighted by molar-refractivity contribution is 0.0939. The van der Waals surface area contributed by atoms with Crippen molar-refractivity contribution in [2.75, 3.05) is 0 Å². The quantitative estimate of drug-likeness (QED) is 0.786. The molecular weight excluding hydrogens is 243 g/mol. The molecule has 0 bridgehead atoms. The van der Waals surface area contributed by atoms with Crippen molar-refractivity contribution in [3.8, 4) is 0 Å². The van der Waals surface area contributed by atoms with E-state index in [0.717, 1.165) is 19.3 Å². The Bertz CT molecular complexity index is 547. The van der Waals surface area contributed by atoms with Crippen LogP contribution in [0.3, 0.4) is 0 Å². The molecule has 3 rings (SSSR count). The van der Waals surface area contributed by atoms with Gasteiger partial charge in [0.05, 0.1) is 0 Å². The van der Waals surface area contributed by atoms with Gasteiger partial charge in [-0.05, 0) is 25.7 Å². The van der Waals surface area contributed by atoms with E-state index in [4.69, 9.17) is 11.6 Å². The number of rotatable bonds is 1. The van der Waals surface area contributed by atoms with E-state index in [0.29, 0.717) is 24.3 Å². The van der Waals surface area contributed by atoms with Crippen LogP contribution >= 0.6 is 11.6 Å². The van der Waals surface area contributed by atoms with Gasteiger partial charge in [0, 0.05) is 12.4 Å². The van der Waals surface area contributed by atoms with Crippen LogP contribution in [0.25, 0.3) is 5.65 Å². The van der Waals surface area contributed by atoms with Crippen LogP contribution in [-0.4, -0.2) is 19.6 Å². The summed E-state index contributed by atoms with van der Waals surface area (Å²) in [5.41, 5.74) is -0.950. The zero-order valence-electron chi connectivity index (χ0n) is 9.24. The van der Waals surface area contributed by atoms with Crippen LogP contribution in [0.15, 0.2) is 12.4 Å². The molecule has 0 aliphatic heterocycles. The van der Waals surface area contributed by atoms with E-state index in [1.54, 1.807) is 10.6 Å². The first kappa shape index (κ1) is 10.9. The van der Waals surface area contributed by atoms with E-state index in [-0.39, 0.29) is 5.15 Å². The molecule has 0 unspecified atom stereocenters. The molecule has 1 aliphatic rings. The van der Waals surface area contributed by atoms with Crippen LogP contribution in [0, 0.1) is 0 Å². The van der Waals surface area contributed by atoms with Crippen molar-refractivity contribution in [1.82, 2.24) is 19.6 Å². The third-order valence-corrected chi connectivity index (χ3v) is 3.60. The SMILES string of the molecule is FC1(c2nnc3c(Cl)nccn23)CCCCC1. The summed E-state index contributed by atoms with van der Waals surface area (Å²) in [6, 6.07) is 0. The van der Waals surface area contributed by atoms with Gasteiger partial charge in [0.2, 0.25) is 0 Å².